The van der Waals surface area contributed by atoms with E-state index in [0.29, 0.717) is 23.9 Å². The minimum Gasteiger partial charge on any atom is -0.339 e. The standard InChI is InChI=1S/C15H28N2O/c1-3-14-8-5-9-17(14)15(18)11(2)12-6-4-7-13(16)10-12/h11-14H,3-10,16H2,1-2H3. The Morgan fingerprint density at radius 2 is 2.11 bits per heavy atom. The number of carbonyl (C=O) groups is 1. The second-order valence-corrected chi connectivity index (χ2v) is 6.21. The van der Waals surface area contributed by atoms with Crippen LogP contribution in [-0.4, -0.2) is 29.4 Å². The molecule has 1 amide bonds. The summed E-state index contributed by atoms with van der Waals surface area (Å²) in [6, 6.07) is 0.816. The van der Waals surface area contributed by atoms with E-state index in [-0.39, 0.29) is 5.92 Å². The molecular weight excluding hydrogens is 224 g/mol. The van der Waals surface area contributed by atoms with Gasteiger partial charge in [0.05, 0.1) is 0 Å². The first-order valence-corrected chi connectivity index (χ1v) is 7.69. The Balaban J connectivity index is 1.95. The zero-order chi connectivity index (χ0) is 13.1. The van der Waals surface area contributed by atoms with Gasteiger partial charge in [0.25, 0.3) is 0 Å². The van der Waals surface area contributed by atoms with Gasteiger partial charge in [-0.05, 0) is 44.4 Å². The molecule has 18 heavy (non-hydrogen) atoms. The lowest BCUT2D eigenvalue weighted by atomic mass is 9.78. The summed E-state index contributed by atoms with van der Waals surface area (Å²) in [4.78, 5) is 14.7. The molecule has 3 nitrogen and oxygen atoms in total. The lowest BCUT2D eigenvalue weighted by Crippen LogP contribution is -2.42. The maximum atomic E-state index is 12.6. The largest absolute Gasteiger partial charge is 0.339 e. The Morgan fingerprint density at radius 3 is 2.78 bits per heavy atom. The monoisotopic (exact) mass is 252 g/mol. The molecule has 3 heteroatoms. The summed E-state index contributed by atoms with van der Waals surface area (Å²) in [5.41, 5.74) is 6.05. The summed E-state index contributed by atoms with van der Waals surface area (Å²) < 4.78 is 0. The molecule has 0 aromatic rings. The molecule has 0 aromatic carbocycles. The van der Waals surface area contributed by atoms with Crippen LogP contribution < -0.4 is 5.73 Å². The number of amides is 1. The van der Waals surface area contributed by atoms with E-state index in [4.69, 9.17) is 5.73 Å². The first-order chi connectivity index (χ1) is 8.63. The number of rotatable bonds is 3. The maximum absolute atomic E-state index is 12.6. The number of nitrogens with zero attached hydrogens (tertiary/aromatic N) is 1. The van der Waals surface area contributed by atoms with Crippen molar-refractivity contribution >= 4 is 5.91 Å². The molecule has 1 saturated carbocycles. The van der Waals surface area contributed by atoms with E-state index in [0.717, 1.165) is 25.8 Å². The van der Waals surface area contributed by atoms with Crippen LogP contribution in [0.3, 0.4) is 0 Å². The molecule has 4 atom stereocenters. The first kappa shape index (κ1) is 13.9. The highest BCUT2D eigenvalue weighted by molar-refractivity contribution is 5.79. The molecule has 4 unspecified atom stereocenters. The van der Waals surface area contributed by atoms with E-state index in [1.807, 2.05) is 0 Å². The van der Waals surface area contributed by atoms with Gasteiger partial charge in [-0.3, -0.25) is 4.79 Å². The van der Waals surface area contributed by atoms with E-state index in [1.165, 1.54) is 25.7 Å². The van der Waals surface area contributed by atoms with Crippen LogP contribution in [-0.2, 0) is 4.79 Å². The van der Waals surface area contributed by atoms with Crippen molar-refractivity contribution in [3.63, 3.8) is 0 Å². The summed E-state index contributed by atoms with van der Waals surface area (Å²) in [5, 5.41) is 0. The van der Waals surface area contributed by atoms with Crippen molar-refractivity contribution in [2.24, 2.45) is 17.6 Å². The fraction of sp³-hybridized carbons (Fsp3) is 0.933. The van der Waals surface area contributed by atoms with Gasteiger partial charge < -0.3 is 10.6 Å². The number of hydrogen-bond acceptors (Lipinski definition) is 2. The third-order valence-corrected chi connectivity index (χ3v) is 4.98. The first-order valence-electron chi connectivity index (χ1n) is 7.69. The molecule has 2 N–H and O–H groups in total. The van der Waals surface area contributed by atoms with Crippen LogP contribution in [0, 0.1) is 11.8 Å². The van der Waals surface area contributed by atoms with Crippen molar-refractivity contribution in [3.8, 4) is 0 Å². The Morgan fingerprint density at radius 1 is 1.33 bits per heavy atom. The Bertz CT molecular complexity index is 292. The minimum absolute atomic E-state index is 0.170. The summed E-state index contributed by atoms with van der Waals surface area (Å²) in [6.07, 6.45) is 8.03. The molecule has 0 aromatic heterocycles. The molecule has 2 fully saturated rings. The normalized spacial score (nSPS) is 34.6. The number of likely N-dealkylation sites (tertiary alicyclic amines) is 1. The molecular formula is C15H28N2O. The lowest BCUT2D eigenvalue weighted by Gasteiger charge is -2.34. The molecule has 104 valence electrons. The van der Waals surface area contributed by atoms with Gasteiger partial charge >= 0.3 is 0 Å². The van der Waals surface area contributed by atoms with Gasteiger partial charge in [-0.15, -0.1) is 0 Å². The molecule has 0 radical (unpaired) electrons. The van der Waals surface area contributed by atoms with Crippen molar-refractivity contribution in [2.45, 2.75) is 70.9 Å². The third kappa shape index (κ3) is 2.87. The lowest BCUT2D eigenvalue weighted by molar-refractivity contribution is -0.138. The fourth-order valence-electron chi connectivity index (χ4n) is 3.73. The molecule has 0 bridgehead atoms. The molecule has 1 aliphatic carbocycles. The zero-order valence-electron chi connectivity index (χ0n) is 11.9. The van der Waals surface area contributed by atoms with Crippen LogP contribution >= 0.6 is 0 Å². The van der Waals surface area contributed by atoms with Crippen LogP contribution in [0.4, 0.5) is 0 Å². The predicted molar refractivity (Wildman–Crippen MR) is 74.1 cm³/mol. The van der Waals surface area contributed by atoms with Crippen LogP contribution in [0.5, 0.6) is 0 Å². The highest BCUT2D eigenvalue weighted by Crippen LogP contribution is 2.32. The van der Waals surface area contributed by atoms with Gasteiger partial charge in [-0.25, -0.2) is 0 Å². The van der Waals surface area contributed by atoms with Crippen LogP contribution in [0.25, 0.3) is 0 Å². The van der Waals surface area contributed by atoms with E-state index >= 15 is 0 Å². The van der Waals surface area contributed by atoms with E-state index < -0.39 is 0 Å². The second-order valence-electron chi connectivity index (χ2n) is 6.21. The van der Waals surface area contributed by atoms with Crippen molar-refractivity contribution < 1.29 is 4.79 Å². The molecule has 2 rings (SSSR count). The van der Waals surface area contributed by atoms with Gasteiger partial charge in [0.1, 0.15) is 0 Å². The molecule has 1 heterocycles. The average molecular weight is 252 g/mol. The summed E-state index contributed by atoms with van der Waals surface area (Å²) >= 11 is 0. The number of hydrogen-bond donors (Lipinski definition) is 1. The number of carbonyl (C=O) groups excluding carboxylic acids is 1. The zero-order valence-corrected chi connectivity index (χ0v) is 11.9. The quantitative estimate of drug-likeness (QED) is 0.839. The van der Waals surface area contributed by atoms with E-state index in [2.05, 4.69) is 18.7 Å². The van der Waals surface area contributed by atoms with Gasteiger partial charge in [-0.1, -0.05) is 20.3 Å². The van der Waals surface area contributed by atoms with Gasteiger partial charge in [0.2, 0.25) is 5.91 Å². The van der Waals surface area contributed by atoms with Crippen molar-refractivity contribution in [1.82, 2.24) is 4.90 Å². The minimum atomic E-state index is 0.170. The molecule has 2 aliphatic rings. The van der Waals surface area contributed by atoms with Gasteiger partial charge in [0, 0.05) is 24.5 Å². The van der Waals surface area contributed by atoms with Gasteiger partial charge in [-0.2, -0.15) is 0 Å². The van der Waals surface area contributed by atoms with Crippen molar-refractivity contribution in [2.75, 3.05) is 6.54 Å². The average Bonchev–Trinajstić information content (AvgIpc) is 2.85. The topological polar surface area (TPSA) is 46.3 Å². The smallest absolute Gasteiger partial charge is 0.225 e. The summed E-state index contributed by atoms with van der Waals surface area (Å²) in [7, 11) is 0. The van der Waals surface area contributed by atoms with Crippen LogP contribution in [0.2, 0.25) is 0 Å². The molecule has 1 aliphatic heterocycles. The van der Waals surface area contributed by atoms with Gasteiger partial charge in [0.15, 0.2) is 0 Å². The SMILES string of the molecule is CCC1CCCN1C(=O)C(C)C1CCCC(N)C1. The Kier molecular flexibility index (Phi) is 4.66. The van der Waals surface area contributed by atoms with Crippen LogP contribution in [0.1, 0.15) is 58.8 Å². The molecule has 1 saturated heterocycles. The Labute approximate surface area is 111 Å². The van der Waals surface area contributed by atoms with E-state index in [9.17, 15) is 4.79 Å². The second kappa shape index (κ2) is 6.05. The van der Waals surface area contributed by atoms with Crippen LogP contribution in [0.15, 0.2) is 0 Å². The summed E-state index contributed by atoms with van der Waals surface area (Å²) in [6.45, 7) is 5.29. The Hall–Kier alpha value is -0.570. The predicted octanol–water partition coefficient (Wildman–Crippen LogP) is 2.54. The van der Waals surface area contributed by atoms with E-state index in [1.54, 1.807) is 0 Å². The third-order valence-electron chi connectivity index (χ3n) is 4.98. The highest BCUT2D eigenvalue weighted by Gasteiger charge is 2.35. The van der Waals surface area contributed by atoms with Crippen molar-refractivity contribution in [3.05, 3.63) is 0 Å². The highest BCUT2D eigenvalue weighted by atomic mass is 16.2. The number of nitrogens with two attached hydrogens (primary N) is 1. The fourth-order valence-corrected chi connectivity index (χ4v) is 3.73. The molecule has 0 spiro atoms. The maximum Gasteiger partial charge on any atom is 0.225 e. The van der Waals surface area contributed by atoms with Crippen molar-refractivity contribution in [1.29, 1.82) is 0 Å². The summed E-state index contributed by atoms with van der Waals surface area (Å²) in [5.74, 6) is 1.07.